The van der Waals surface area contributed by atoms with Gasteiger partial charge in [-0.2, -0.15) is 13.2 Å². The number of carbonyl (C=O) groups excluding carboxylic acids is 1. The fourth-order valence-corrected chi connectivity index (χ4v) is 7.06. The van der Waals surface area contributed by atoms with Gasteiger partial charge in [0.05, 0.1) is 5.56 Å². The van der Waals surface area contributed by atoms with Crippen LogP contribution in [0.2, 0.25) is 0 Å². The van der Waals surface area contributed by atoms with E-state index < -0.39 is 27.7 Å². The van der Waals surface area contributed by atoms with E-state index in [1.54, 1.807) is 36.4 Å². The highest BCUT2D eigenvalue weighted by Crippen LogP contribution is 2.30. The Kier molecular flexibility index (Phi) is 8.37. The fraction of sp³-hybridized carbons (Fsp3) is 0.346. The number of thiophene rings is 1. The van der Waals surface area contributed by atoms with Crippen LogP contribution in [0.25, 0.3) is 0 Å². The number of nitrogens with zero attached hydrogens (tertiary/aromatic N) is 1. The van der Waals surface area contributed by atoms with Gasteiger partial charge in [-0.25, -0.2) is 13.1 Å². The Bertz CT molecular complexity index is 1340. The van der Waals surface area contributed by atoms with Gasteiger partial charge in [0.25, 0.3) is 0 Å². The predicted octanol–water partition coefficient (Wildman–Crippen LogP) is 4.65. The summed E-state index contributed by atoms with van der Waals surface area (Å²) in [5.74, 6) is -0.429. The number of benzene rings is 2. The maximum absolute atomic E-state index is 12.9. The molecule has 0 spiro atoms. The number of sulfonamides is 1. The van der Waals surface area contributed by atoms with Crippen molar-refractivity contribution in [1.82, 2.24) is 9.62 Å². The molecule has 2 aromatic carbocycles. The number of carbonyl (C=O) groups is 1. The van der Waals surface area contributed by atoms with E-state index in [9.17, 15) is 26.4 Å². The van der Waals surface area contributed by atoms with Gasteiger partial charge in [0.15, 0.2) is 0 Å². The molecule has 0 radical (unpaired) electrons. The van der Waals surface area contributed by atoms with E-state index in [2.05, 4.69) is 9.62 Å². The first kappa shape index (κ1) is 27.3. The van der Waals surface area contributed by atoms with Crippen LogP contribution in [0.1, 0.15) is 44.8 Å². The molecule has 1 unspecified atom stereocenters. The Morgan fingerprint density at radius 1 is 1.08 bits per heavy atom. The first-order valence-electron chi connectivity index (χ1n) is 11.9. The summed E-state index contributed by atoms with van der Waals surface area (Å²) in [7, 11) is -3.70. The van der Waals surface area contributed by atoms with Gasteiger partial charge in [0.1, 0.15) is 4.21 Å². The molecule has 2 heterocycles. The van der Waals surface area contributed by atoms with Crippen molar-refractivity contribution in [3.05, 3.63) is 87.8 Å². The van der Waals surface area contributed by atoms with Crippen molar-refractivity contribution in [3.8, 4) is 0 Å². The third-order valence-corrected chi connectivity index (χ3v) is 9.40. The molecule has 0 bridgehead atoms. The maximum Gasteiger partial charge on any atom is 0.416 e. The predicted molar refractivity (Wildman–Crippen MR) is 137 cm³/mol. The van der Waals surface area contributed by atoms with E-state index >= 15 is 0 Å². The molecule has 6 nitrogen and oxygen atoms in total. The Morgan fingerprint density at radius 2 is 1.81 bits per heavy atom. The monoisotopic (exact) mass is 551 g/mol. The minimum absolute atomic E-state index is 0.0971. The van der Waals surface area contributed by atoms with Crippen molar-refractivity contribution in [2.24, 2.45) is 11.7 Å². The molecule has 1 aliphatic heterocycles. The summed E-state index contributed by atoms with van der Waals surface area (Å²) < 4.78 is 67.1. The number of halogens is 3. The molecule has 1 atom stereocenters. The Labute approximate surface area is 218 Å². The van der Waals surface area contributed by atoms with Gasteiger partial charge in [0, 0.05) is 36.5 Å². The minimum atomic E-state index is -4.36. The molecule has 1 saturated heterocycles. The van der Waals surface area contributed by atoms with Crippen molar-refractivity contribution < 1.29 is 26.4 Å². The van der Waals surface area contributed by atoms with Crippen molar-refractivity contribution >= 4 is 27.3 Å². The van der Waals surface area contributed by atoms with Crippen LogP contribution in [0.3, 0.4) is 0 Å². The minimum Gasteiger partial charge on any atom is -0.366 e. The molecular weight excluding hydrogens is 523 g/mol. The normalized spacial score (nSPS) is 17.1. The summed E-state index contributed by atoms with van der Waals surface area (Å²) in [6, 6.07) is 15.4. The highest BCUT2D eigenvalue weighted by Gasteiger charge is 2.30. The number of amides is 1. The molecule has 37 heavy (non-hydrogen) atoms. The fourth-order valence-electron chi connectivity index (χ4n) is 4.52. The quantitative estimate of drug-likeness (QED) is 0.405. The van der Waals surface area contributed by atoms with Crippen LogP contribution in [0.4, 0.5) is 13.2 Å². The third-order valence-electron chi connectivity index (χ3n) is 6.40. The Hall–Kier alpha value is -2.73. The van der Waals surface area contributed by atoms with E-state index in [1.807, 2.05) is 0 Å². The van der Waals surface area contributed by atoms with Crippen LogP contribution in [0.5, 0.6) is 0 Å². The second-order valence-electron chi connectivity index (χ2n) is 9.21. The lowest BCUT2D eigenvalue weighted by molar-refractivity contribution is -0.137. The zero-order chi connectivity index (χ0) is 26.6. The Morgan fingerprint density at radius 3 is 2.51 bits per heavy atom. The number of primary amides is 1. The van der Waals surface area contributed by atoms with E-state index in [0.29, 0.717) is 25.1 Å². The average molecular weight is 552 g/mol. The van der Waals surface area contributed by atoms with Gasteiger partial charge in [-0.1, -0.05) is 30.3 Å². The molecule has 0 aliphatic carbocycles. The first-order valence-corrected chi connectivity index (χ1v) is 14.2. The highest BCUT2D eigenvalue weighted by molar-refractivity contribution is 7.91. The molecule has 1 aliphatic rings. The SMILES string of the molecule is NC(=O)c1ccccc1Cc1ccc(S(=O)(=O)NCC2CCCN(Cc3ccc(C(F)(F)F)cc3)C2)s1. The zero-order valence-electron chi connectivity index (χ0n) is 20.0. The molecule has 0 saturated carbocycles. The maximum atomic E-state index is 12.9. The van der Waals surface area contributed by atoms with Crippen LogP contribution in [0.15, 0.2) is 64.9 Å². The summed E-state index contributed by atoms with van der Waals surface area (Å²) in [4.78, 5) is 14.6. The smallest absolute Gasteiger partial charge is 0.366 e. The lowest BCUT2D eigenvalue weighted by Crippen LogP contribution is -2.40. The van der Waals surface area contributed by atoms with Crippen LogP contribution in [-0.2, 0) is 29.2 Å². The number of rotatable bonds is 9. The number of nitrogens with two attached hydrogens (primary N) is 1. The van der Waals surface area contributed by atoms with Crippen molar-refractivity contribution in [2.75, 3.05) is 19.6 Å². The Balaban J connectivity index is 1.32. The number of hydrogen-bond acceptors (Lipinski definition) is 5. The zero-order valence-corrected chi connectivity index (χ0v) is 21.6. The van der Waals surface area contributed by atoms with E-state index in [0.717, 1.165) is 58.9 Å². The van der Waals surface area contributed by atoms with Crippen molar-refractivity contribution in [1.29, 1.82) is 0 Å². The summed E-state index contributed by atoms with van der Waals surface area (Å²) in [6.45, 7) is 2.26. The molecule has 11 heteroatoms. The lowest BCUT2D eigenvalue weighted by atomic mass is 9.98. The van der Waals surface area contributed by atoms with Gasteiger partial charge in [-0.05, 0) is 66.8 Å². The second-order valence-corrected chi connectivity index (χ2v) is 12.4. The molecular formula is C26H28F3N3O3S2. The molecule has 1 fully saturated rings. The first-order chi connectivity index (χ1) is 17.5. The lowest BCUT2D eigenvalue weighted by Gasteiger charge is -2.32. The number of piperidine rings is 1. The second kappa shape index (κ2) is 11.3. The van der Waals surface area contributed by atoms with Crippen LogP contribution < -0.4 is 10.5 Å². The van der Waals surface area contributed by atoms with Crippen LogP contribution >= 0.6 is 11.3 Å². The number of hydrogen-bond donors (Lipinski definition) is 2. The van der Waals surface area contributed by atoms with Gasteiger partial charge in [-0.3, -0.25) is 9.69 Å². The van der Waals surface area contributed by atoms with E-state index in [-0.39, 0.29) is 16.7 Å². The van der Waals surface area contributed by atoms with E-state index in [4.69, 9.17) is 5.73 Å². The summed E-state index contributed by atoms with van der Waals surface area (Å²) >= 11 is 1.15. The standard InChI is InChI=1S/C26H28F3N3O3S2/c27-26(28,29)21-9-7-18(8-10-21)16-32-13-3-4-19(17-32)15-31-37(34,35)24-12-11-22(36-24)14-20-5-1-2-6-23(20)25(30)33/h1-2,5-12,19,31H,3-4,13-17H2,(H2,30,33). The van der Waals surface area contributed by atoms with Crippen molar-refractivity contribution in [2.45, 2.75) is 36.2 Å². The summed E-state index contributed by atoms with van der Waals surface area (Å²) in [6.07, 6.45) is -2.20. The third kappa shape index (κ3) is 7.19. The van der Waals surface area contributed by atoms with Crippen LogP contribution in [0, 0.1) is 5.92 Å². The molecule has 198 valence electrons. The topological polar surface area (TPSA) is 92.5 Å². The van der Waals surface area contributed by atoms with Gasteiger partial charge in [-0.15, -0.1) is 11.3 Å². The van der Waals surface area contributed by atoms with Crippen molar-refractivity contribution in [3.63, 3.8) is 0 Å². The largest absolute Gasteiger partial charge is 0.416 e. The van der Waals surface area contributed by atoms with Gasteiger partial charge in [0.2, 0.25) is 15.9 Å². The molecule has 3 N–H and O–H groups in total. The van der Waals surface area contributed by atoms with Gasteiger partial charge >= 0.3 is 6.18 Å². The van der Waals surface area contributed by atoms with Gasteiger partial charge < -0.3 is 5.73 Å². The summed E-state index contributed by atoms with van der Waals surface area (Å²) in [5.41, 5.74) is 6.71. The number of nitrogens with one attached hydrogen (secondary N) is 1. The highest BCUT2D eigenvalue weighted by atomic mass is 32.2. The molecule has 1 aromatic heterocycles. The molecule has 4 rings (SSSR count). The number of likely N-dealkylation sites (tertiary alicyclic amines) is 1. The summed E-state index contributed by atoms with van der Waals surface area (Å²) in [5, 5.41) is 0. The molecule has 1 amide bonds. The average Bonchev–Trinajstić information content (AvgIpc) is 3.33. The molecule has 3 aromatic rings. The number of alkyl halides is 3. The van der Waals surface area contributed by atoms with Crippen LogP contribution in [-0.4, -0.2) is 38.9 Å². The van der Waals surface area contributed by atoms with E-state index in [1.165, 1.54) is 12.1 Å².